The van der Waals surface area contributed by atoms with Gasteiger partial charge in [-0.1, -0.05) is 12.1 Å². The molecule has 0 saturated carbocycles. The molecule has 5 N–H and O–H groups in total. The monoisotopic (exact) mass is 594 g/mol. The number of primary amides is 1. The van der Waals surface area contributed by atoms with E-state index in [1.54, 1.807) is 18.2 Å². The minimum absolute atomic E-state index is 0.0289. The van der Waals surface area contributed by atoms with E-state index in [-0.39, 0.29) is 17.2 Å². The summed E-state index contributed by atoms with van der Waals surface area (Å²) < 4.78 is 25.8. The molecule has 192 valence electrons. The first-order valence-corrected chi connectivity index (χ1v) is 14.8. The van der Waals surface area contributed by atoms with Gasteiger partial charge >= 0.3 is 0 Å². The normalized spacial score (nSPS) is 15.3. The maximum absolute atomic E-state index is 12.9. The van der Waals surface area contributed by atoms with Gasteiger partial charge in [-0.05, 0) is 71.1 Å². The lowest BCUT2D eigenvalue weighted by Gasteiger charge is -2.30. The molecule has 1 aliphatic heterocycles. The van der Waals surface area contributed by atoms with Crippen LogP contribution in [0.15, 0.2) is 40.9 Å². The van der Waals surface area contributed by atoms with E-state index in [1.165, 1.54) is 28.0 Å². The number of phenols is 1. The number of anilines is 1. The van der Waals surface area contributed by atoms with Crippen molar-refractivity contribution in [2.24, 2.45) is 11.7 Å². The fraction of sp³-hybridized carbons (Fsp3) is 0.333. The van der Waals surface area contributed by atoms with Gasteiger partial charge in [0.15, 0.2) is 0 Å². The van der Waals surface area contributed by atoms with Gasteiger partial charge in [0.05, 0.1) is 16.3 Å². The smallest absolute Gasteiger partial charge is 0.256 e. The van der Waals surface area contributed by atoms with E-state index in [1.807, 2.05) is 12.1 Å². The number of nitrogens with two attached hydrogens (primary N) is 1. The summed E-state index contributed by atoms with van der Waals surface area (Å²) in [5.41, 5.74) is 7.23. The summed E-state index contributed by atoms with van der Waals surface area (Å²) in [5, 5.41) is 17.0. The van der Waals surface area contributed by atoms with Gasteiger partial charge in [0, 0.05) is 35.3 Å². The van der Waals surface area contributed by atoms with Crippen LogP contribution >= 0.6 is 27.3 Å². The zero-order chi connectivity index (χ0) is 26.0. The Balaban J connectivity index is 1.35. The third kappa shape index (κ3) is 6.06. The number of phenolic OH excluding ortho intramolecular Hbond substituents is 1. The second-order valence-electron chi connectivity index (χ2n) is 8.86. The molecule has 1 aromatic heterocycles. The topological polar surface area (TPSA) is 142 Å². The number of sulfonamides is 1. The lowest BCUT2D eigenvalue weighted by molar-refractivity contribution is 0.100. The van der Waals surface area contributed by atoms with E-state index in [2.05, 4.69) is 26.6 Å². The number of carbonyl (C=O) groups excluding carboxylic acids is 2. The Kier molecular flexibility index (Phi) is 8.00. The molecule has 0 bridgehead atoms. The summed E-state index contributed by atoms with van der Waals surface area (Å²) in [6, 6.07) is 10.3. The first-order chi connectivity index (χ1) is 17.0. The average Bonchev–Trinajstić information content (AvgIpc) is 3.16. The fourth-order valence-electron chi connectivity index (χ4n) is 4.25. The number of hydrogen-bond acceptors (Lipinski definition) is 7. The highest BCUT2D eigenvalue weighted by Crippen LogP contribution is 2.40. The van der Waals surface area contributed by atoms with Crippen molar-refractivity contribution >= 4 is 64.2 Å². The molecule has 0 unspecified atom stereocenters. The van der Waals surface area contributed by atoms with Crippen LogP contribution in [0.3, 0.4) is 0 Å². The molecular weight excluding hydrogens is 568 g/mol. The summed E-state index contributed by atoms with van der Waals surface area (Å²) in [6.07, 6.45) is 2.92. The standard InChI is InChI=1S/C24H27BrN4O5S2/c1-36(33,34)29-8-6-15(7-9-29)13-27-12-14-2-4-16(5-3-14)23(32)28-24-21(22(26)31)17-10-18(25)19(30)11-20(17)35-24/h2-5,10-11,15,27,30H,6-9,12-13H2,1H3,(H2,26,31)(H,28,32). The van der Waals surface area contributed by atoms with Gasteiger partial charge in [-0.2, -0.15) is 0 Å². The van der Waals surface area contributed by atoms with Crippen LogP contribution in [0, 0.1) is 5.92 Å². The molecular formula is C24H27BrN4O5S2. The Morgan fingerprint density at radius 3 is 2.47 bits per heavy atom. The van der Waals surface area contributed by atoms with E-state index in [4.69, 9.17) is 5.73 Å². The van der Waals surface area contributed by atoms with Crippen molar-refractivity contribution in [1.82, 2.24) is 9.62 Å². The van der Waals surface area contributed by atoms with Crippen molar-refractivity contribution in [2.75, 3.05) is 31.2 Å². The number of nitrogens with zero attached hydrogens (tertiary/aromatic N) is 1. The fourth-order valence-corrected chi connectivity index (χ4v) is 6.59. The van der Waals surface area contributed by atoms with E-state index in [0.717, 1.165) is 24.9 Å². The summed E-state index contributed by atoms with van der Waals surface area (Å²) in [5.74, 6) is -0.584. The summed E-state index contributed by atoms with van der Waals surface area (Å²) in [7, 11) is -3.12. The number of aromatic hydroxyl groups is 1. The Hall–Kier alpha value is -2.51. The number of rotatable bonds is 8. The zero-order valence-corrected chi connectivity index (χ0v) is 22.8. The molecule has 0 atom stereocenters. The quantitative estimate of drug-likeness (QED) is 0.314. The highest BCUT2D eigenvalue weighted by Gasteiger charge is 2.24. The van der Waals surface area contributed by atoms with Crippen molar-refractivity contribution in [3.63, 3.8) is 0 Å². The van der Waals surface area contributed by atoms with Crippen molar-refractivity contribution in [3.8, 4) is 5.75 Å². The maximum Gasteiger partial charge on any atom is 0.256 e. The molecule has 9 nitrogen and oxygen atoms in total. The minimum atomic E-state index is -3.12. The second-order valence-corrected chi connectivity index (χ2v) is 12.7. The van der Waals surface area contributed by atoms with Gasteiger partial charge in [-0.3, -0.25) is 9.59 Å². The van der Waals surface area contributed by atoms with Gasteiger partial charge in [-0.25, -0.2) is 12.7 Å². The lowest BCUT2D eigenvalue weighted by Crippen LogP contribution is -2.40. The third-order valence-electron chi connectivity index (χ3n) is 6.25. The van der Waals surface area contributed by atoms with E-state index < -0.39 is 15.9 Å². The number of fused-ring (bicyclic) bond motifs is 1. The summed E-state index contributed by atoms with van der Waals surface area (Å²) in [4.78, 5) is 24.9. The predicted molar refractivity (Wildman–Crippen MR) is 145 cm³/mol. The molecule has 36 heavy (non-hydrogen) atoms. The van der Waals surface area contributed by atoms with Crippen molar-refractivity contribution in [1.29, 1.82) is 0 Å². The van der Waals surface area contributed by atoms with Crippen molar-refractivity contribution in [3.05, 3.63) is 57.6 Å². The molecule has 0 aliphatic carbocycles. The van der Waals surface area contributed by atoms with Crippen LogP contribution in [0.1, 0.15) is 39.1 Å². The number of benzene rings is 2. The first kappa shape index (κ1) is 26.6. The largest absolute Gasteiger partial charge is 0.507 e. The highest BCUT2D eigenvalue weighted by molar-refractivity contribution is 9.10. The van der Waals surface area contributed by atoms with E-state index in [0.29, 0.717) is 50.7 Å². The molecule has 2 heterocycles. The van der Waals surface area contributed by atoms with E-state index >= 15 is 0 Å². The summed E-state index contributed by atoms with van der Waals surface area (Å²) in [6.45, 7) is 2.55. The Morgan fingerprint density at radius 1 is 1.19 bits per heavy atom. The Bertz CT molecular complexity index is 1400. The molecule has 2 aromatic carbocycles. The molecule has 2 amide bonds. The number of halogens is 1. The SMILES string of the molecule is CS(=O)(=O)N1CCC(CNCc2ccc(C(=O)Nc3sc4cc(O)c(Br)cc4c3C(N)=O)cc2)CC1. The van der Waals surface area contributed by atoms with Gasteiger partial charge in [-0.15, -0.1) is 11.3 Å². The number of amides is 2. The molecule has 0 radical (unpaired) electrons. The third-order valence-corrected chi connectivity index (χ3v) is 9.26. The van der Waals surface area contributed by atoms with Gasteiger partial charge in [0.1, 0.15) is 10.8 Å². The minimum Gasteiger partial charge on any atom is -0.507 e. The zero-order valence-electron chi connectivity index (χ0n) is 19.6. The van der Waals surface area contributed by atoms with Crippen LogP contribution in [0.2, 0.25) is 0 Å². The van der Waals surface area contributed by atoms with Crippen LogP contribution in [0.25, 0.3) is 10.1 Å². The number of carbonyl (C=O) groups is 2. The second kappa shape index (κ2) is 10.9. The molecule has 1 aliphatic rings. The average molecular weight is 596 g/mol. The van der Waals surface area contributed by atoms with Crippen LogP contribution < -0.4 is 16.4 Å². The predicted octanol–water partition coefficient (Wildman–Crippen LogP) is 3.48. The number of piperidine rings is 1. The number of hydrogen-bond donors (Lipinski definition) is 4. The molecule has 12 heteroatoms. The van der Waals surface area contributed by atoms with Crippen LogP contribution in [-0.4, -0.2) is 55.5 Å². The number of nitrogens with one attached hydrogen (secondary N) is 2. The van der Waals surface area contributed by atoms with Crippen molar-refractivity contribution in [2.45, 2.75) is 19.4 Å². The number of thiophene rings is 1. The molecule has 0 spiro atoms. The molecule has 1 saturated heterocycles. The maximum atomic E-state index is 12.9. The van der Waals surface area contributed by atoms with E-state index in [9.17, 15) is 23.1 Å². The molecule has 1 fully saturated rings. The van der Waals surface area contributed by atoms with Crippen molar-refractivity contribution < 1.29 is 23.1 Å². The Morgan fingerprint density at radius 2 is 1.86 bits per heavy atom. The Labute approximate surface area is 221 Å². The van der Waals surface area contributed by atoms with Gasteiger partial charge < -0.3 is 21.5 Å². The van der Waals surface area contributed by atoms with Gasteiger partial charge in [0.25, 0.3) is 11.8 Å². The first-order valence-electron chi connectivity index (χ1n) is 11.3. The van der Waals surface area contributed by atoms with Crippen LogP contribution in [-0.2, 0) is 16.6 Å². The van der Waals surface area contributed by atoms with Gasteiger partial charge in [0.2, 0.25) is 10.0 Å². The van der Waals surface area contributed by atoms with Crippen LogP contribution in [0.4, 0.5) is 5.00 Å². The molecule has 3 aromatic rings. The summed E-state index contributed by atoms with van der Waals surface area (Å²) >= 11 is 4.41. The van der Waals surface area contributed by atoms with Crippen LogP contribution in [0.5, 0.6) is 5.75 Å². The lowest BCUT2D eigenvalue weighted by atomic mass is 9.98. The highest BCUT2D eigenvalue weighted by atomic mass is 79.9. The molecule has 4 rings (SSSR count).